The minimum absolute atomic E-state index is 0.0744. The fourth-order valence-corrected chi connectivity index (χ4v) is 1.51. The summed E-state index contributed by atoms with van der Waals surface area (Å²) in [5.41, 5.74) is 6.12. The van der Waals surface area contributed by atoms with Crippen molar-refractivity contribution in [1.29, 1.82) is 0 Å². The first-order chi connectivity index (χ1) is 7.60. The third-order valence-corrected chi connectivity index (χ3v) is 2.85. The number of rotatable bonds is 4. The van der Waals surface area contributed by atoms with E-state index in [1.54, 1.807) is 12.1 Å². The SMILES string of the molecule is NC1(C(=O)NCCc2ccc(F)cc2)CC1. The average Bonchev–Trinajstić information content (AvgIpc) is 3.01. The number of nitrogens with two attached hydrogens (primary N) is 1. The topological polar surface area (TPSA) is 55.1 Å². The number of halogens is 1. The van der Waals surface area contributed by atoms with Crippen LogP contribution in [0.2, 0.25) is 0 Å². The van der Waals surface area contributed by atoms with Crippen LogP contribution in [0.4, 0.5) is 4.39 Å². The maximum Gasteiger partial charge on any atom is 0.240 e. The Morgan fingerprint density at radius 2 is 2.00 bits per heavy atom. The minimum Gasteiger partial charge on any atom is -0.354 e. The summed E-state index contributed by atoms with van der Waals surface area (Å²) in [6.07, 6.45) is 2.24. The maximum absolute atomic E-state index is 12.6. The second kappa shape index (κ2) is 4.22. The standard InChI is InChI=1S/C12H15FN2O/c13-10-3-1-9(2-4-10)5-8-15-11(16)12(14)6-7-12/h1-4H,5-8,14H2,(H,15,16). The van der Waals surface area contributed by atoms with Crippen LogP contribution in [0.25, 0.3) is 0 Å². The first kappa shape index (κ1) is 11.1. The Labute approximate surface area is 93.8 Å². The molecule has 0 aliphatic heterocycles. The molecule has 0 unspecified atom stereocenters. The highest BCUT2D eigenvalue weighted by atomic mass is 19.1. The van der Waals surface area contributed by atoms with Crippen LogP contribution in [-0.2, 0) is 11.2 Å². The third-order valence-electron chi connectivity index (χ3n) is 2.85. The highest BCUT2D eigenvalue weighted by Gasteiger charge is 2.45. The van der Waals surface area contributed by atoms with E-state index >= 15 is 0 Å². The number of nitrogens with one attached hydrogen (secondary N) is 1. The molecule has 0 heterocycles. The third kappa shape index (κ3) is 2.58. The number of amides is 1. The predicted molar refractivity (Wildman–Crippen MR) is 59.3 cm³/mol. The van der Waals surface area contributed by atoms with E-state index in [4.69, 9.17) is 5.73 Å². The van der Waals surface area contributed by atoms with Crippen LogP contribution in [0.1, 0.15) is 18.4 Å². The van der Waals surface area contributed by atoms with Gasteiger partial charge in [0.2, 0.25) is 5.91 Å². The van der Waals surface area contributed by atoms with Gasteiger partial charge in [0.15, 0.2) is 0 Å². The van der Waals surface area contributed by atoms with E-state index in [1.807, 2.05) is 0 Å². The molecule has 2 rings (SSSR count). The Kier molecular flexibility index (Phi) is 2.92. The Hall–Kier alpha value is -1.42. The smallest absolute Gasteiger partial charge is 0.240 e. The number of carbonyl (C=O) groups is 1. The van der Waals surface area contributed by atoms with Crippen molar-refractivity contribution in [3.05, 3.63) is 35.6 Å². The van der Waals surface area contributed by atoms with E-state index in [2.05, 4.69) is 5.32 Å². The Balaban J connectivity index is 1.75. The van der Waals surface area contributed by atoms with Crippen LogP contribution < -0.4 is 11.1 Å². The monoisotopic (exact) mass is 222 g/mol. The molecule has 1 aromatic carbocycles. The summed E-state index contributed by atoms with van der Waals surface area (Å²) >= 11 is 0. The van der Waals surface area contributed by atoms with Crippen LogP contribution in [0.3, 0.4) is 0 Å². The second-order valence-corrected chi connectivity index (χ2v) is 4.29. The molecule has 1 aliphatic carbocycles. The lowest BCUT2D eigenvalue weighted by Crippen LogP contribution is -2.43. The minimum atomic E-state index is -0.608. The lowest BCUT2D eigenvalue weighted by atomic mass is 10.1. The first-order valence-corrected chi connectivity index (χ1v) is 5.42. The van der Waals surface area contributed by atoms with Crippen molar-refractivity contribution < 1.29 is 9.18 Å². The van der Waals surface area contributed by atoms with Gasteiger partial charge in [0.25, 0.3) is 0 Å². The predicted octanol–water partition coefficient (Wildman–Crippen LogP) is 0.976. The fourth-order valence-electron chi connectivity index (χ4n) is 1.51. The lowest BCUT2D eigenvalue weighted by molar-refractivity contribution is -0.123. The molecule has 4 heteroatoms. The summed E-state index contributed by atoms with van der Waals surface area (Å²) in [6.45, 7) is 0.545. The Bertz CT molecular complexity index is 385. The largest absolute Gasteiger partial charge is 0.354 e. The maximum atomic E-state index is 12.6. The molecule has 3 N–H and O–H groups in total. The van der Waals surface area contributed by atoms with Crippen LogP contribution in [0.5, 0.6) is 0 Å². The van der Waals surface area contributed by atoms with Crippen molar-refractivity contribution in [1.82, 2.24) is 5.32 Å². The van der Waals surface area contributed by atoms with Crippen molar-refractivity contribution in [3.63, 3.8) is 0 Å². The van der Waals surface area contributed by atoms with Gasteiger partial charge in [-0.15, -0.1) is 0 Å². The molecule has 0 radical (unpaired) electrons. The molecule has 3 nitrogen and oxygen atoms in total. The van der Waals surface area contributed by atoms with Crippen molar-refractivity contribution in [2.45, 2.75) is 24.8 Å². The molecule has 0 aromatic heterocycles. The van der Waals surface area contributed by atoms with E-state index in [0.717, 1.165) is 18.4 Å². The molecule has 1 fully saturated rings. The van der Waals surface area contributed by atoms with Gasteiger partial charge in [-0.3, -0.25) is 4.79 Å². The zero-order chi connectivity index (χ0) is 11.6. The zero-order valence-electron chi connectivity index (χ0n) is 9.00. The van der Waals surface area contributed by atoms with Gasteiger partial charge in [-0.2, -0.15) is 0 Å². The summed E-state index contributed by atoms with van der Waals surface area (Å²) in [4.78, 5) is 11.5. The van der Waals surface area contributed by atoms with Gasteiger partial charge in [0, 0.05) is 6.54 Å². The summed E-state index contributed by atoms with van der Waals surface area (Å²) in [6, 6.07) is 6.28. The van der Waals surface area contributed by atoms with Crippen LogP contribution in [-0.4, -0.2) is 18.0 Å². The van der Waals surface area contributed by atoms with Crippen LogP contribution in [0, 0.1) is 5.82 Å². The van der Waals surface area contributed by atoms with Crippen molar-refractivity contribution in [3.8, 4) is 0 Å². The quantitative estimate of drug-likeness (QED) is 0.797. The second-order valence-electron chi connectivity index (χ2n) is 4.29. The molecule has 0 spiro atoms. The number of benzene rings is 1. The first-order valence-electron chi connectivity index (χ1n) is 5.42. The van der Waals surface area contributed by atoms with Gasteiger partial charge in [-0.25, -0.2) is 4.39 Å². The van der Waals surface area contributed by atoms with Gasteiger partial charge in [-0.1, -0.05) is 12.1 Å². The van der Waals surface area contributed by atoms with Gasteiger partial charge in [-0.05, 0) is 37.0 Å². The molecule has 1 amide bonds. The molecule has 1 saturated carbocycles. The molecule has 1 aliphatic rings. The van der Waals surface area contributed by atoms with E-state index < -0.39 is 5.54 Å². The van der Waals surface area contributed by atoms with Crippen molar-refractivity contribution >= 4 is 5.91 Å². The van der Waals surface area contributed by atoms with E-state index in [1.165, 1.54) is 12.1 Å². The Morgan fingerprint density at radius 1 is 1.38 bits per heavy atom. The van der Waals surface area contributed by atoms with Crippen LogP contribution in [0.15, 0.2) is 24.3 Å². The molecule has 0 atom stereocenters. The molecule has 16 heavy (non-hydrogen) atoms. The highest BCUT2D eigenvalue weighted by molar-refractivity contribution is 5.88. The highest BCUT2D eigenvalue weighted by Crippen LogP contribution is 2.31. The number of hydrogen-bond acceptors (Lipinski definition) is 2. The van der Waals surface area contributed by atoms with E-state index in [9.17, 15) is 9.18 Å². The molecular weight excluding hydrogens is 207 g/mol. The molecular formula is C12H15FN2O. The van der Waals surface area contributed by atoms with E-state index in [0.29, 0.717) is 13.0 Å². The number of hydrogen-bond donors (Lipinski definition) is 2. The van der Waals surface area contributed by atoms with Crippen molar-refractivity contribution in [2.75, 3.05) is 6.54 Å². The molecule has 86 valence electrons. The van der Waals surface area contributed by atoms with Gasteiger partial charge >= 0.3 is 0 Å². The summed E-state index contributed by atoms with van der Waals surface area (Å²) in [5.74, 6) is -0.318. The number of carbonyl (C=O) groups excluding carboxylic acids is 1. The molecule has 1 aromatic rings. The fraction of sp³-hybridized carbons (Fsp3) is 0.417. The van der Waals surface area contributed by atoms with Gasteiger partial charge in [0.05, 0.1) is 5.54 Å². The molecule has 0 bridgehead atoms. The van der Waals surface area contributed by atoms with Gasteiger partial charge in [0.1, 0.15) is 5.82 Å². The summed E-state index contributed by atoms with van der Waals surface area (Å²) in [5, 5.41) is 2.79. The summed E-state index contributed by atoms with van der Waals surface area (Å²) < 4.78 is 12.6. The van der Waals surface area contributed by atoms with E-state index in [-0.39, 0.29) is 11.7 Å². The molecule has 0 saturated heterocycles. The average molecular weight is 222 g/mol. The zero-order valence-corrected chi connectivity index (χ0v) is 9.00. The van der Waals surface area contributed by atoms with Gasteiger partial charge < -0.3 is 11.1 Å². The normalized spacial score (nSPS) is 16.9. The lowest BCUT2D eigenvalue weighted by Gasteiger charge is -2.09. The van der Waals surface area contributed by atoms with Crippen LogP contribution >= 0.6 is 0 Å². The Morgan fingerprint density at radius 3 is 2.56 bits per heavy atom. The summed E-state index contributed by atoms with van der Waals surface area (Å²) in [7, 11) is 0. The van der Waals surface area contributed by atoms with Crippen molar-refractivity contribution in [2.24, 2.45) is 5.73 Å².